The van der Waals surface area contributed by atoms with Gasteiger partial charge in [-0.2, -0.15) is 5.10 Å². The van der Waals surface area contributed by atoms with Crippen LogP contribution in [0.5, 0.6) is 0 Å². The van der Waals surface area contributed by atoms with Crippen molar-refractivity contribution in [1.82, 2.24) is 19.3 Å². The number of halogens is 1. The fourth-order valence-electron chi connectivity index (χ4n) is 1.17. The molecule has 0 spiro atoms. The monoisotopic (exact) mass is 240 g/mol. The van der Waals surface area contributed by atoms with Crippen molar-refractivity contribution in [3.05, 3.63) is 35.1 Å². The maximum absolute atomic E-state index is 4.31. The van der Waals surface area contributed by atoms with Gasteiger partial charge in [0.1, 0.15) is 0 Å². The lowest BCUT2D eigenvalue weighted by Crippen LogP contribution is -1.99. The predicted molar refractivity (Wildman–Crippen MR) is 52.2 cm³/mol. The number of aryl methyl sites for hydroxylation is 1. The van der Waals surface area contributed by atoms with Crippen molar-refractivity contribution in [2.75, 3.05) is 0 Å². The van der Waals surface area contributed by atoms with Gasteiger partial charge in [0.15, 0.2) is 0 Å². The summed E-state index contributed by atoms with van der Waals surface area (Å²) in [6.07, 6.45) is 7.39. The Bertz CT molecular complexity index is 390. The second-order valence-electron chi connectivity index (χ2n) is 2.83. The zero-order chi connectivity index (χ0) is 9.26. The Labute approximate surface area is 84.3 Å². The predicted octanol–water partition coefficient (Wildman–Crippen LogP) is 1.43. The molecule has 0 aromatic carbocycles. The molecule has 2 aromatic heterocycles. The van der Waals surface area contributed by atoms with E-state index in [9.17, 15) is 0 Å². The van der Waals surface area contributed by atoms with E-state index in [0.29, 0.717) is 0 Å². The Morgan fingerprint density at radius 3 is 2.92 bits per heavy atom. The topological polar surface area (TPSA) is 35.6 Å². The van der Waals surface area contributed by atoms with Crippen LogP contribution in [0, 0.1) is 0 Å². The van der Waals surface area contributed by atoms with Gasteiger partial charge in [0, 0.05) is 25.6 Å². The summed E-state index contributed by atoms with van der Waals surface area (Å²) in [5.41, 5.74) is 1.01. The summed E-state index contributed by atoms with van der Waals surface area (Å²) in [4.78, 5) is 3.97. The molecular formula is C8H9BrN4. The molecule has 0 radical (unpaired) electrons. The Morgan fingerprint density at radius 1 is 1.54 bits per heavy atom. The highest BCUT2D eigenvalue weighted by Crippen LogP contribution is 2.14. The molecule has 2 aromatic rings. The minimum atomic E-state index is 0.751. The highest BCUT2D eigenvalue weighted by molar-refractivity contribution is 9.10. The van der Waals surface area contributed by atoms with E-state index in [-0.39, 0.29) is 0 Å². The van der Waals surface area contributed by atoms with Gasteiger partial charge in [0.2, 0.25) is 0 Å². The number of imidazole rings is 1. The highest BCUT2D eigenvalue weighted by atomic mass is 79.9. The van der Waals surface area contributed by atoms with Crippen LogP contribution in [0.25, 0.3) is 0 Å². The van der Waals surface area contributed by atoms with E-state index in [2.05, 4.69) is 26.0 Å². The Morgan fingerprint density at radius 2 is 2.38 bits per heavy atom. The molecule has 0 aliphatic rings. The van der Waals surface area contributed by atoms with E-state index >= 15 is 0 Å². The lowest BCUT2D eigenvalue weighted by molar-refractivity contribution is 0.705. The highest BCUT2D eigenvalue weighted by Gasteiger charge is 2.04. The molecule has 0 bridgehead atoms. The molecule has 2 rings (SSSR count). The quantitative estimate of drug-likeness (QED) is 0.797. The molecule has 0 fully saturated rings. The zero-order valence-corrected chi connectivity index (χ0v) is 8.77. The summed E-state index contributed by atoms with van der Waals surface area (Å²) in [5.74, 6) is 0. The normalized spacial score (nSPS) is 10.6. The van der Waals surface area contributed by atoms with Gasteiger partial charge in [0.25, 0.3) is 0 Å². The molecule has 0 saturated heterocycles. The number of hydrogen-bond acceptors (Lipinski definition) is 2. The van der Waals surface area contributed by atoms with Crippen molar-refractivity contribution < 1.29 is 0 Å². The minimum absolute atomic E-state index is 0.751. The summed E-state index contributed by atoms with van der Waals surface area (Å²) in [7, 11) is 1.90. The van der Waals surface area contributed by atoms with E-state index in [4.69, 9.17) is 0 Å². The van der Waals surface area contributed by atoms with Crippen LogP contribution in [0.3, 0.4) is 0 Å². The molecule has 0 N–H and O–H groups in total. The first-order valence-electron chi connectivity index (χ1n) is 3.89. The van der Waals surface area contributed by atoms with Gasteiger partial charge in [0.05, 0.1) is 23.0 Å². The van der Waals surface area contributed by atoms with E-state index in [1.54, 1.807) is 17.2 Å². The van der Waals surface area contributed by atoms with Crippen LogP contribution in [-0.2, 0) is 13.6 Å². The average molecular weight is 241 g/mol. The van der Waals surface area contributed by atoms with Crippen LogP contribution in [-0.4, -0.2) is 19.3 Å². The summed E-state index contributed by atoms with van der Waals surface area (Å²) in [6, 6.07) is 0. The number of hydrogen-bond donors (Lipinski definition) is 0. The number of nitrogens with zero attached hydrogens (tertiary/aromatic N) is 4. The zero-order valence-electron chi connectivity index (χ0n) is 7.18. The van der Waals surface area contributed by atoms with Gasteiger partial charge in [-0.15, -0.1) is 0 Å². The first-order chi connectivity index (χ1) is 6.25. The van der Waals surface area contributed by atoms with Gasteiger partial charge in [-0.25, -0.2) is 4.98 Å². The molecule has 0 aliphatic heterocycles. The largest absolute Gasteiger partial charge is 0.331 e. The molecule has 4 nitrogen and oxygen atoms in total. The maximum Gasteiger partial charge on any atom is 0.0963 e. The van der Waals surface area contributed by atoms with Gasteiger partial charge >= 0.3 is 0 Å². The Hall–Kier alpha value is -1.10. The minimum Gasteiger partial charge on any atom is -0.331 e. The van der Waals surface area contributed by atoms with Crippen molar-refractivity contribution in [3.8, 4) is 0 Å². The molecule has 0 amide bonds. The second kappa shape index (κ2) is 3.33. The Kier molecular flexibility index (Phi) is 2.18. The molecule has 0 saturated carbocycles. The lowest BCUT2D eigenvalue weighted by atomic mass is 10.4. The van der Waals surface area contributed by atoms with E-state index in [0.717, 1.165) is 16.7 Å². The average Bonchev–Trinajstić information content (AvgIpc) is 2.63. The standard InChI is InChI=1S/C8H9BrN4/c1-12-4-7(9)8(11-12)5-13-3-2-10-6-13/h2-4,6H,5H2,1H3. The summed E-state index contributed by atoms with van der Waals surface area (Å²) >= 11 is 3.45. The number of aromatic nitrogens is 4. The third kappa shape index (κ3) is 1.80. The van der Waals surface area contributed by atoms with Gasteiger partial charge in [-0.3, -0.25) is 4.68 Å². The van der Waals surface area contributed by atoms with Crippen LogP contribution in [0.15, 0.2) is 29.4 Å². The first-order valence-corrected chi connectivity index (χ1v) is 4.69. The molecule has 0 unspecified atom stereocenters. The lowest BCUT2D eigenvalue weighted by Gasteiger charge is -1.97. The smallest absolute Gasteiger partial charge is 0.0963 e. The maximum atomic E-state index is 4.31. The third-order valence-electron chi connectivity index (χ3n) is 1.75. The molecule has 2 heterocycles. The van der Waals surface area contributed by atoms with Crippen molar-refractivity contribution >= 4 is 15.9 Å². The van der Waals surface area contributed by atoms with Crippen LogP contribution in [0.2, 0.25) is 0 Å². The molecular weight excluding hydrogens is 232 g/mol. The van der Waals surface area contributed by atoms with Crippen molar-refractivity contribution in [1.29, 1.82) is 0 Å². The fraction of sp³-hybridized carbons (Fsp3) is 0.250. The Balaban J connectivity index is 2.23. The van der Waals surface area contributed by atoms with Gasteiger partial charge in [-0.1, -0.05) is 0 Å². The van der Waals surface area contributed by atoms with Crippen molar-refractivity contribution in [2.24, 2.45) is 7.05 Å². The van der Waals surface area contributed by atoms with Crippen LogP contribution < -0.4 is 0 Å². The third-order valence-corrected chi connectivity index (χ3v) is 2.41. The summed E-state index contributed by atoms with van der Waals surface area (Å²) < 4.78 is 4.80. The molecule has 68 valence electrons. The fourth-order valence-corrected chi connectivity index (χ4v) is 1.67. The van der Waals surface area contributed by atoms with E-state index < -0.39 is 0 Å². The molecule has 5 heteroatoms. The van der Waals surface area contributed by atoms with Gasteiger partial charge < -0.3 is 4.57 Å². The summed E-state index contributed by atoms with van der Waals surface area (Å²) in [5, 5.41) is 4.31. The van der Waals surface area contributed by atoms with Crippen LogP contribution >= 0.6 is 15.9 Å². The van der Waals surface area contributed by atoms with Crippen molar-refractivity contribution in [2.45, 2.75) is 6.54 Å². The number of rotatable bonds is 2. The first kappa shape index (κ1) is 8.50. The van der Waals surface area contributed by atoms with Crippen molar-refractivity contribution in [3.63, 3.8) is 0 Å². The van der Waals surface area contributed by atoms with E-state index in [1.807, 2.05) is 24.0 Å². The van der Waals surface area contributed by atoms with Crippen LogP contribution in [0.4, 0.5) is 0 Å². The van der Waals surface area contributed by atoms with Crippen LogP contribution in [0.1, 0.15) is 5.69 Å². The summed E-state index contributed by atoms with van der Waals surface area (Å²) in [6.45, 7) is 0.751. The van der Waals surface area contributed by atoms with E-state index in [1.165, 1.54) is 0 Å². The molecule has 0 aliphatic carbocycles. The SMILES string of the molecule is Cn1cc(Br)c(Cn2ccnc2)n1. The second-order valence-corrected chi connectivity index (χ2v) is 3.69. The van der Waals surface area contributed by atoms with Gasteiger partial charge in [-0.05, 0) is 15.9 Å². The molecule has 0 atom stereocenters. The molecule has 13 heavy (non-hydrogen) atoms.